The molecule has 0 atom stereocenters. The van der Waals surface area contributed by atoms with Crippen LogP contribution in [0.5, 0.6) is 0 Å². The number of carbonyl (C=O) groups is 2. The third-order valence-electron chi connectivity index (χ3n) is 5.85. The van der Waals surface area contributed by atoms with Crippen molar-refractivity contribution in [2.24, 2.45) is 0 Å². The Morgan fingerprint density at radius 2 is 1.66 bits per heavy atom. The van der Waals surface area contributed by atoms with Gasteiger partial charge in [0.05, 0.1) is 23.0 Å². The number of thioether (sulfide) groups is 1. The van der Waals surface area contributed by atoms with Crippen LogP contribution < -0.4 is 5.32 Å². The summed E-state index contributed by atoms with van der Waals surface area (Å²) in [6.45, 7) is 0. The van der Waals surface area contributed by atoms with Crippen molar-refractivity contribution < 1.29 is 14.7 Å². The lowest BCUT2D eigenvalue weighted by Gasteiger charge is -2.23. The molecule has 4 rings (SSSR count). The Labute approximate surface area is 175 Å². The highest BCUT2D eigenvalue weighted by molar-refractivity contribution is 8.00. The van der Waals surface area contributed by atoms with E-state index in [1.165, 1.54) is 32.1 Å². The minimum absolute atomic E-state index is 0.0502. The Morgan fingerprint density at radius 1 is 1.00 bits per heavy atom. The summed E-state index contributed by atoms with van der Waals surface area (Å²) < 4.78 is 1.78. The summed E-state index contributed by atoms with van der Waals surface area (Å²) in [5, 5.41) is 18.2. The van der Waals surface area contributed by atoms with Crippen LogP contribution >= 0.6 is 11.8 Å². The molecule has 6 nitrogen and oxygen atoms in total. The molecule has 29 heavy (non-hydrogen) atoms. The van der Waals surface area contributed by atoms with Crippen LogP contribution in [0.2, 0.25) is 0 Å². The number of nitrogens with one attached hydrogen (secondary N) is 1. The quantitative estimate of drug-likeness (QED) is 0.719. The van der Waals surface area contributed by atoms with Crippen LogP contribution in [0.15, 0.2) is 35.5 Å². The Kier molecular flexibility index (Phi) is 6.23. The number of aromatic carboxylic acids is 1. The van der Waals surface area contributed by atoms with Crippen LogP contribution in [0.4, 0.5) is 0 Å². The molecule has 2 N–H and O–H groups in total. The van der Waals surface area contributed by atoms with Crippen molar-refractivity contribution in [1.82, 2.24) is 15.1 Å². The number of rotatable bonds is 6. The van der Waals surface area contributed by atoms with Gasteiger partial charge in [0.15, 0.2) is 0 Å². The zero-order valence-electron chi connectivity index (χ0n) is 16.5. The van der Waals surface area contributed by atoms with Crippen molar-refractivity contribution >= 4 is 23.6 Å². The summed E-state index contributed by atoms with van der Waals surface area (Å²) in [6, 6.07) is 6.89. The number of carboxylic acid groups (broad SMARTS) is 1. The van der Waals surface area contributed by atoms with Crippen molar-refractivity contribution in [3.05, 3.63) is 41.6 Å². The standard InChI is InChI=1S/C22H27N3O3S/c26-20(24-16-6-2-1-3-7-16)19-14-23-25(21(19)29-18-8-4-5-9-18)17-12-10-15(11-13-17)22(27)28/h10-14,16,18H,1-9H2,(H,24,26)(H,27,28). The SMILES string of the molecule is O=C(O)c1ccc(-n2ncc(C(=O)NC3CCCCC3)c2SC2CCCC2)cc1. The summed E-state index contributed by atoms with van der Waals surface area (Å²) >= 11 is 1.73. The van der Waals surface area contributed by atoms with Gasteiger partial charge in [0.1, 0.15) is 5.03 Å². The average molecular weight is 414 g/mol. The van der Waals surface area contributed by atoms with Gasteiger partial charge >= 0.3 is 5.97 Å². The third kappa shape index (κ3) is 4.66. The summed E-state index contributed by atoms with van der Waals surface area (Å²) in [7, 11) is 0. The molecule has 2 aromatic rings. The van der Waals surface area contributed by atoms with Gasteiger partial charge in [-0.15, -0.1) is 11.8 Å². The molecule has 0 saturated heterocycles. The first-order chi connectivity index (χ1) is 14.1. The zero-order chi connectivity index (χ0) is 20.2. The third-order valence-corrected chi connectivity index (χ3v) is 7.27. The number of aromatic nitrogens is 2. The molecular formula is C22H27N3O3S. The zero-order valence-corrected chi connectivity index (χ0v) is 17.3. The predicted octanol–water partition coefficient (Wildman–Crippen LogP) is 4.67. The van der Waals surface area contributed by atoms with E-state index in [1.54, 1.807) is 46.9 Å². The second-order valence-electron chi connectivity index (χ2n) is 7.96. The Balaban J connectivity index is 1.61. The number of hydrogen-bond acceptors (Lipinski definition) is 4. The van der Waals surface area contributed by atoms with Gasteiger partial charge in [0.25, 0.3) is 5.91 Å². The Hall–Kier alpha value is -2.28. The van der Waals surface area contributed by atoms with Gasteiger partial charge in [0.2, 0.25) is 0 Å². The van der Waals surface area contributed by atoms with Crippen LogP contribution in [0.25, 0.3) is 5.69 Å². The first-order valence-electron chi connectivity index (χ1n) is 10.5. The monoisotopic (exact) mass is 413 g/mol. The number of amides is 1. The van der Waals surface area contributed by atoms with Crippen molar-refractivity contribution in [1.29, 1.82) is 0 Å². The second kappa shape index (κ2) is 9.03. The molecule has 0 bridgehead atoms. The molecular weight excluding hydrogens is 386 g/mol. The highest BCUT2D eigenvalue weighted by Gasteiger charge is 2.26. The highest BCUT2D eigenvalue weighted by Crippen LogP contribution is 2.37. The van der Waals surface area contributed by atoms with E-state index >= 15 is 0 Å². The number of carboxylic acids is 1. The van der Waals surface area contributed by atoms with E-state index in [0.717, 1.165) is 36.4 Å². The highest BCUT2D eigenvalue weighted by atomic mass is 32.2. The van der Waals surface area contributed by atoms with Gasteiger partial charge in [-0.3, -0.25) is 4.79 Å². The van der Waals surface area contributed by atoms with Crippen LogP contribution in [0, 0.1) is 0 Å². The Bertz CT molecular complexity index is 866. The fraction of sp³-hybridized carbons (Fsp3) is 0.500. The van der Waals surface area contributed by atoms with E-state index in [2.05, 4.69) is 10.4 Å². The van der Waals surface area contributed by atoms with Crippen LogP contribution in [-0.4, -0.2) is 38.1 Å². The summed E-state index contributed by atoms with van der Waals surface area (Å²) in [5.74, 6) is -1.00. The van der Waals surface area contributed by atoms with E-state index in [0.29, 0.717) is 10.8 Å². The summed E-state index contributed by atoms with van der Waals surface area (Å²) in [4.78, 5) is 24.2. The van der Waals surface area contributed by atoms with Crippen LogP contribution in [-0.2, 0) is 0 Å². The first-order valence-corrected chi connectivity index (χ1v) is 11.4. The molecule has 2 fully saturated rings. The molecule has 1 aromatic carbocycles. The van der Waals surface area contributed by atoms with Crippen LogP contribution in [0.1, 0.15) is 78.5 Å². The maximum atomic E-state index is 13.0. The largest absolute Gasteiger partial charge is 0.478 e. The fourth-order valence-electron chi connectivity index (χ4n) is 4.21. The lowest BCUT2D eigenvalue weighted by atomic mass is 9.95. The molecule has 2 aliphatic rings. The lowest BCUT2D eigenvalue weighted by molar-refractivity contribution is 0.0696. The summed E-state index contributed by atoms with van der Waals surface area (Å²) in [6.07, 6.45) is 12.1. The van der Waals surface area contributed by atoms with Crippen molar-refractivity contribution in [2.75, 3.05) is 0 Å². The number of carbonyl (C=O) groups excluding carboxylic acids is 1. The molecule has 0 spiro atoms. The van der Waals surface area contributed by atoms with Crippen molar-refractivity contribution in [3.8, 4) is 5.69 Å². The molecule has 1 amide bonds. The molecule has 1 heterocycles. The molecule has 2 aliphatic carbocycles. The normalized spacial score (nSPS) is 18.1. The average Bonchev–Trinajstić information content (AvgIpc) is 3.39. The Morgan fingerprint density at radius 3 is 2.31 bits per heavy atom. The molecule has 2 saturated carbocycles. The maximum absolute atomic E-state index is 13.0. The second-order valence-corrected chi connectivity index (χ2v) is 9.25. The predicted molar refractivity (Wildman–Crippen MR) is 113 cm³/mol. The lowest BCUT2D eigenvalue weighted by Crippen LogP contribution is -2.36. The number of nitrogens with zero attached hydrogens (tertiary/aromatic N) is 2. The number of benzene rings is 1. The maximum Gasteiger partial charge on any atom is 0.335 e. The van der Waals surface area contributed by atoms with Gasteiger partial charge < -0.3 is 10.4 Å². The van der Waals surface area contributed by atoms with E-state index in [9.17, 15) is 9.59 Å². The van der Waals surface area contributed by atoms with Gasteiger partial charge in [0, 0.05) is 11.3 Å². The first kappa shape index (κ1) is 20.0. The minimum Gasteiger partial charge on any atom is -0.478 e. The fourth-order valence-corrected chi connectivity index (χ4v) is 5.62. The van der Waals surface area contributed by atoms with Gasteiger partial charge in [-0.2, -0.15) is 5.10 Å². The minimum atomic E-state index is -0.954. The topological polar surface area (TPSA) is 84.2 Å². The molecule has 7 heteroatoms. The number of hydrogen-bond donors (Lipinski definition) is 2. The summed E-state index contributed by atoms with van der Waals surface area (Å²) in [5.41, 5.74) is 1.63. The smallest absolute Gasteiger partial charge is 0.335 e. The van der Waals surface area contributed by atoms with Gasteiger partial charge in [-0.05, 0) is 49.9 Å². The van der Waals surface area contributed by atoms with Gasteiger partial charge in [-0.25, -0.2) is 9.48 Å². The van der Waals surface area contributed by atoms with E-state index in [1.807, 2.05) is 0 Å². The molecule has 154 valence electrons. The van der Waals surface area contributed by atoms with Gasteiger partial charge in [-0.1, -0.05) is 32.1 Å². The molecule has 1 aromatic heterocycles. The van der Waals surface area contributed by atoms with E-state index in [-0.39, 0.29) is 17.5 Å². The molecule has 0 unspecified atom stereocenters. The van der Waals surface area contributed by atoms with E-state index in [4.69, 9.17) is 5.11 Å². The van der Waals surface area contributed by atoms with Crippen molar-refractivity contribution in [3.63, 3.8) is 0 Å². The van der Waals surface area contributed by atoms with Crippen LogP contribution in [0.3, 0.4) is 0 Å². The van der Waals surface area contributed by atoms with E-state index < -0.39 is 5.97 Å². The van der Waals surface area contributed by atoms with Crippen molar-refractivity contribution in [2.45, 2.75) is 74.1 Å². The molecule has 0 aliphatic heterocycles. The molecule has 0 radical (unpaired) electrons.